The van der Waals surface area contributed by atoms with Crippen molar-refractivity contribution in [2.45, 2.75) is 19.1 Å². The number of nitriles is 1. The second-order valence-electron chi connectivity index (χ2n) is 7.64. The van der Waals surface area contributed by atoms with Crippen molar-refractivity contribution in [3.05, 3.63) is 53.3 Å². The summed E-state index contributed by atoms with van der Waals surface area (Å²) < 4.78 is 20.0. The molecule has 0 atom stereocenters. The number of halogens is 1. The first-order valence-corrected chi connectivity index (χ1v) is 9.35. The topological polar surface area (TPSA) is 49.8 Å². The third-order valence-electron chi connectivity index (χ3n) is 5.48. The van der Waals surface area contributed by atoms with Crippen LogP contribution < -0.4 is 11.1 Å². The van der Waals surface area contributed by atoms with Crippen molar-refractivity contribution in [1.29, 1.82) is 5.26 Å². The molecule has 0 aliphatic heterocycles. The van der Waals surface area contributed by atoms with Gasteiger partial charge in [-0.2, -0.15) is 5.26 Å². The number of para-hydroxylation sites is 1. The van der Waals surface area contributed by atoms with Gasteiger partial charge in [-0.05, 0) is 29.9 Å². The highest BCUT2D eigenvalue weighted by molar-refractivity contribution is 6.45. The lowest BCUT2D eigenvalue weighted by Gasteiger charge is -2.34. The first-order chi connectivity index (χ1) is 14.2. The molecule has 0 aliphatic rings. The van der Waals surface area contributed by atoms with Gasteiger partial charge < -0.3 is 4.42 Å². The highest BCUT2D eigenvalue weighted by Gasteiger charge is 2.27. The molecule has 0 spiro atoms. The van der Waals surface area contributed by atoms with Gasteiger partial charge in [0.25, 0.3) is 0 Å². The SMILES string of the molecule is [B]c1cc(C([B])([B])C(C)C)c([B])c(-c2cccc3c2oc2c(C#N)c(F)ccc23)n1. The minimum atomic E-state index is -1.23. The third kappa shape index (κ3) is 2.96. The zero-order valence-corrected chi connectivity index (χ0v) is 16.5. The zero-order chi connectivity index (χ0) is 21.8. The van der Waals surface area contributed by atoms with Gasteiger partial charge in [0.2, 0.25) is 0 Å². The molecule has 2 aromatic carbocycles. The Balaban J connectivity index is 2.07. The van der Waals surface area contributed by atoms with Gasteiger partial charge in [-0.15, -0.1) is 0 Å². The molecule has 4 aromatic rings. The van der Waals surface area contributed by atoms with Crippen molar-refractivity contribution >= 4 is 64.4 Å². The van der Waals surface area contributed by atoms with Crippen molar-refractivity contribution in [2.24, 2.45) is 5.92 Å². The summed E-state index contributed by atoms with van der Waals surface area (Å²) in [4.78, 5) is 4.40. The number of nitrogens with zero attached hydrogens (tertiary/aromatic N) is 2. The molecule has 136 valence electrons. The Morgan fingerprint density at radius 2 is 1.80 bits per heavy atom. The van der Waals surface area contributed by atoms with Crippen LogP contribution in [-0.4, -0.2) is 36.4 Å². The van der Waals surface area contributed by atoms with E-state index in [0.29, 0.717) is 33.2 Å². The summed E-state index contributed by atoms with van der Waals surface area (Å²) in [5.41, 5.74) is 2.26. The van der Waals surface area contributed by atoms with Crippen LogP contribution in [0.15, 0.2) is 40.8 Å². The van der Waals surface area contributed by atoms with Crippen LogP contribution >= 0.6 is 0 Å². The smallest absolute Gasteiger partial charge is 0.156 e. The molecule has 0 amide bonds. The molecule has 0 saturated carbocycles. The van der Waals surface area contributed by atoms with E-state index < -0.39 is 11.0 Å². The average Bonchev–Trinajstić information content (AvgIpc) is 3.07. The minimum absolute atomic E-state index is 0.127. The predicted molar refractivity (Wildman–Crippen MR) is 120 cm³/mol. The number of furan rings is 1. The van der Waals surface area contributed by atoms with Gasteiger partial charge in [0.15, 0.2) is 5.58 Å². The van der Waals surface area contributed by atoms with Crippen LogP contribution in [0.2, 0.25) is 0 Å². The maximum Gasteiger partial charge on any atom is 0.156 e. The zero-order valence-electron chi connectivity index (χ0n) is 16.5. The summed E-state index contributed by atoms with van der Waals surface area (Å²) in [6.45, 7) is 3.77. The Morgan fingerprint density at radius 3 is 2.47 bits per heavy atom. The number of hydrogen-bond donors (Lipinski definition) is 0. The summed E-state index contributed by atoms with van der Waals surface area (Å²) >= 11 is 0. The lowest BCUT2D eigenvalue weighted by molar-refractivity contribution is 0.572. The van der Waals surface area contributed by atoms with Gasteiger partial charge in [0.1, 0.15) is 38.7 Å². The Labute approximate surface area is 179 Å². The van der Waals surface area contributed by atoms with E-state index in [0.717, 1.165) is 0 Å². The fourth-order valence-corrected chi connectivity index (χ4v) is 3.58. The number of rotatable bonds is 3. The summed E-state index contributed by atoms with van der Waals surface area (Å²) in [7, 11) is 25.2. The Morgan fingerprint density at radius 1 is 1.10 bits per heavy atom. The minimum Gasteiger partial charge on any atom is -0.454 e. The van der Waals surface area contributed by atoms with E-state index in [1.54, 1.807) is 24.3 Å². The first kappa shape index (κ1) is 20.3. The van der Waals surface area contributed by atoms with Crippen molar-refractivity contribution in [2.75, 3.05) is 0 Å². The fraction of sp³-hybridized carbons (Fsp3) is 0.182. The summed E-state index contributed by atoms with van der Waals surface area (Å²) in [5, 5.41) is 9.44. The van der Waals surface area contributed by atoms with Crippen LogP contribution in [0.4, 0.5) is 4.39 Å². The van der Waals surface area contributed by atoms with Crippen molar-refractivity contribution in [3.8, 4) is 17.3 Å². The maximum atomic E-state index is 14.1. The molecule has 4 rings (SSSR count). The number of benzene rings is 2. The molecule has 8 heteroatoms. The molecule has 0 bridgehead atoms. The monoisotopic (exact) mass is 384 g/mol. The van der Waals surface area contributed by atoms with E-state index in [2.05, 4.69) is 4.98 Å². The molecule has 8 radical (unpaired) electrons. The molecule has 0 aliphatic carbocycles. The fourth-order valence-electron chi connectivity index (χ4n) is 3.58. The van der Waals surface area contributed by atoms with Crippen LogP contribution in [0.5, 0.6) is 0 Å². The lowest BCUT2D eigenvalue weighted by Crippen LogP contribution is -2.40. The van der Waals surface area contributed by atoms with Crippen molar-refractivity contribution in [1.82, 2.24) is 4.98 Å². The van der Waals surface area contributed by atoms with E-state index in [-0.39, 0.29) is 28.1 Å². The maximum absolute atomic E-state index is 14.1. The molecule has 0 unspecified atom stereocenters. The standard InChI is InChI=1S/C22H13B4FN2O/c1-10(2)22(25,26)15-8-17(23)29-19(18(15)24)13-5-3-4-11-12-6-7-16(27)14(9-28)21(12)30-20(11)13/h3-8,10H,1-2H3. The van der Waals surface area contributed by atoms with Gasteiger partial charge in [0, 0.05) is 16.3 Å². The van der Waals surface area contributed by atoms with E-state index in [1.165, 1.54) is 6.07 Å². The normalized spacial score (nSPS) is 12.0. The Bertz CT molecular complexity index is 1360. The largest absolute Gasteiger partial charge is 0.454 e. The van der Waals surface area contributed by atoms with E-state index in [4.69, 9.17) is 35.8 Å². The molecular weight excluding hydrogens is 371 g/mol. The van der Waals surface area contributed by atoms with Crippen LogP contribution in [-0.2, 0) is 5.21 Å². The number of pyridine rings is 1. The lowest BCUT2D eigenvalue weighted by atomic mass is 9.44. The molecule has 0 N–H and O–H groups in total. The van der Waals surface area contributed by atoms with Gasteiger partial charge in [-0.1, -0.05) is 48.1 Å². The molecule has 30 heavy (non-hydrogen) atoms. The average molecular weight is 384 g/mol. The third-order valence-corrected chi connectivity index (χ3v) is 5.48. The first-order valence-electron chi connectivity index (χ1n) is 9.35. The highest BCUT2D eigenvalue weighted by atomic mass is 19.1. The van der Waals surface area contributed by atoms with E-state index >= 15 is 0 Å². The van der Waals surface area contributed by atoms with Gasteiger partial charge in [0.05, 0.1) is 21.4 Å². The highest BCUT2D eigenvalue weighted by Crippen LogP contribution is 2.37. The van der Waals surface area contributed by atoms with Crippen LogP contribution in [0, 0.1) is 23.1 Å². The van der Waals surface area contributed by atoms with Crippen LogP contribution in [0.1, 0.15) is 25.0 Å². The van der Waals surface area contributed by atoms with Crippen LogP contribution in [0.25, 0.3) is 33.2 Å². The molecule has 3 nitrogen and oxygen atoms in total. The number of hydrogen-bond acceptors (Lipinski definition) is 3. The second kappa shape index (κ2) is 7.09. The summed E-state index contributed by atoms with van der Waals surface area (Å²) in [5.74, 6) is -0.778. The van der Waals surface area contributed by atoms with E-state index in [1.807, 2.05) is 26.0 Å². The van der Waals surface area contributed by atoms with E-state index in [9.17, 15) is 9.65 Å². The van der Waals surface area contributed by atoms with Crippen molar-refractivity contribution in [3.63, 3.8) is 0 Å². The number of fused-ring (bicyclic) bond motifs is 3. The summed E-state index contributed by atoms with van der Waals surface area (Å²) in [6.07, 6.45) is 0. The van der Waals surface area contributed by atoms with Crippen molar-refractivity contribution < 1.29 is 8.81 Å². The summed E-state index contributed by atoms with van der Waals surface area (Å²) in [6, 6.07) is 11.6. The predicted octanol–water partition coefficient (Wildman–Crippen LogP) is 2.39. The molecule has 0 saturated heterocycles. The van der Waals surface area contributed by atoms with Gasteiger partial charge in [-0.25, -0.2) is 4.39 Å². The number of aromatic nitrogens is 1. The molecular formula is C22H13B4FN2O. The van der Waals surface area contributed by atoms with Gasteiger partial charge in [-0.3, -0.25) is 4.98 Å². The Hall–Kier alpha value is -2.93. The second-order valence-corrected chi connectivity index (χ2v) is 7.64. The quantitative estimate of drug-likeness (QED) is 0.511. The Kier molecular flexibility index (Phi) is 4.81. The van der Waals surface area contributed by atoms with Gasteiger partial charge >= 0.3 is 0 Å². The molecule has 2 aromatic heterocycles. The molecule has 0 fully saturated rings. The molecule has 2 heterocycles. The van der Waals surface area contributed by atoms with Crippen LogP contribution in [0.3, 0.4) is 0 Å².